The molecule has 1 amide bonds. The molecule has 0 unspecified atom stereocenters. The number of carbonyl (C=O) groups is 1. The topological polar surface area (TPSA) is 102 Å². The number of morpholine rings is 1. The van der Waals surface area contributed by atoms with Crippen LogP contribution in [-0.2, 0) is 9.47 Å². The molecule has 0 spiro atoms. The standard InChI is InChI=1S/C22H22ClF2N5O3S/c1-3-10-33-22(31)28-16-5-4-14(24)17(18(16)25)19-20(15(26)6-7-27-13(2)23)34-21(29-19)30-8-11-32-12-9-30/h3-7H,1-2,8-12,26H2,(H,28,31)/b15-6-,27-7?. The Kier molecular flexibility index (Phi) is 8.74. The molecule has 1 aliphatic rings. The number of anilines is 2. The number of aromatic nitrogens is 1. The smallest absolute Gasteiger partial charge is 0.412 e. The molecule has 3 rings (SSSR count). The monoisotopic (exact) mass is 509 g/mol. The van der Waals surface area contributed by atoms with Crippen molar-refractivity contribution in [3.8, 4) is 11.3 Å². The van der Waals surface area contributed by atoms with E-state index in [4.69, 9.17) is 26.8 Å². The molecular weight excluding hydrogens is 488 g/mol. The van der Waals surface area contributed by atoms with Crippen molar-refractivity contribution in [1.82, 2.24) is 4.98 Å². The van der Waals surface area contributed by atoms with Crippen LogP contribution < -0.4 is 16.0 Å². The highest BCUT2D eigenvalue weighted by molar-refractivity contribution is 7.17. The molecule has 1 fully saturated rings. The van der Waals surface area contributed by atoms with Crippen LogP contribution in [0.5, 0.6) is 0 Å². The van der Waals surface area contributed by atoms with Gasteiger partial charge in [0, 0.05) is 19.3 Å². The Bertz CT molecular complexity index is 1150. The second-order valence-electron chi connectivity index (χ2n) is 6.85. The Morgan fingerprint density at radius 1 is 1.41 bits per heavy atom. The van der Waals surface area contributed by atoms with E-state index in [1.165, 1.54) is 29.7 Å². The molecule has 0 saturated carbocycles. The zero-order valence-electron chi connectivity index (χ0n) is 18.0. The summed E-state index contributed by atoms with van der Waals surface area (Å²) in [5.74, 6) is -1.90. The summed E-state index contributed by atoms with van der Waals surface area (Å²) in [5, 5.41) is 2.82. The largest absolute Gasteiger partial charge is 0.445 e. The minimum absolute atomic E-state index is 0.0172. The van der Waals surface area contributed by atoms with E-state index in [2.05, 4.69) is 28.5 Å². The number of thiazole rings is 1. The summed E-state index contributed by atoms with van der Waals surface area (Å²) >= 11 is 6.80. The fourth-order valence-corrected chi connectivity index (χ4v) is 4.10. The molecule has 1 aliphatic heterocycles. The zero-order valence-corrected chi connectivity index (χ0v) is 19.6. The molecule has 1 aromatic heterocycles. The zero-order chi connectivity index (χ0) is 24.7. The van der Waals surface area contributed by atoms with Crippen molar-refractivity contribution in [1.29, 1.82) is 0 Å². The highest BCUT2D eigenvalue weighted by Crippen LogP contribution is 2.40. The number of hydrogen-bond acceptors (Lipinski definition) is 8. The number of benzene rings is 1. The number of rotatable bonds is 8. The molecule has 8 nitrogen and oxygen atoms in total. The van der Waals surface area contributed by atoms with Gasteiger partial charge in [-0.25, -0.2) is 23.6 Å². The van der Waals surface area contributed by atoms with Crippen molar-refractivity contribution in [2.24, 2.45) is 10.7 Å². The van der Waals surface area contributed by atoms with E-state index in [9.17, 15) is 9.18 Å². The van der Waals surface area contributed by atoms with Crippen molar-refractivity contribution < 1.29 is 23.0 Å². The second kappa shape index (κ2) is 11.7. The van der Waals surface area contributed by atoms with Crippen LogP contribution in [0.15, 0.2) is 47.6 Å². The lowest BCUT2D eigenvalue weighted by Crippen LogP contribution is -2.36. The van der Waals surface area contributed by atoms with E-state index in [1.54, 1.807) is 0 Å². The number of nitrogens with one attached hydrogen (secondary N) is 1. The second-order valence-corrected chi connectivity index (χ2v) is 8.26. The van der Waals surface area contributed by atoms with Gasteiger partial charge in [-0.1, -0.05) is 42.2 Å². The summed E-state index contributed by atoms with van der Waals surface area (Å²) in [6.45, 7) is 8.92. The number of hydrogen-bond donors (Lipinski definition) is 2. The first-order valence-electron chi connectivity index (χ1n) is 10.0. The van der Waals surface area contributed by atoms with Crippen LogP contribution >= 0.6 is 22.9 Å². The third kappa shape index (κ3) is 6.19. The van der Waals surface area contributed by atoms with Crippen molar-refractivity contribution >= 4 is 51.8 Å². The van der Waals surface area contributed by atoms with Crippen molar-refractivity contribution in [2.45, 2.75) is 0 Å². The number of ether oxygens (including phenoxy) is 2. The molecule has 12 heteroatoms. The first-order valence-corrected chi connectivity index (χ1v) is 11.2. The summed E-state index contributed by atoms with van der Waals surface area (Å²) in [6.07, 6.45) is 3.19. The summed E-state index contributed by atoms with van der Waals surface area (Å²) < 4.78 is 40.5. The lowest BCUT2D eigenvalue weighted by molar-refractivity contribution is 0.122. The molecule has 1 saturated heterocycles. The summed E-state index contributed by atoms with van der Waals surface area (Å²) in [5.41, 5.74) is 5.64. The lowest BCUT2D eigenvalue weighted by atomic mass is 10.1. The van der Waals surface area contributed by atoms with Crippen LogP contribution in [0.1, 0.15) is 4.88 Å². The number of carbonyl (C=O) groups excluding carboxylic acids is 1. The fraction of sp³-hybridized carbons (Fsp3) is 0.227. The van der Waals surface area contributed by atoms with Crippen LogP contribution in [0, 0.1) is 11.6 Å². The molecule has 0 atom stereocenters. The number of allylic oxidation sites excluding steroid dienone is 1. The predicted molar refractivity (Wildman–Crippen MR) is 131 cm³/mol. The Labute approximate surface area is 204 Å². The molecule has 180 valence electrons. The third-order valence-corrected chi connectivity index (χ3v) is 5.79. The van der Waals surface area contributed by atoms with Gasteiger partial charge in [0.1, 0.15) is 17.6 Å². The van der Waals surface area contributed by atoms with E-state index < -0.39 is 23.3 Å². The molecular formula is C22H22ClF2N5O3S. The highest BCUT2D eigenvalue weighted by Gasteiger charge is 2.26. The molecule has 3 N–H and O–H groups in total. The van der Waals surface area contributed by atoms with E-state index in [0.717, 1.165) is 12.1 Å². The van der Waals surface area contributed by atoms with Crippen molar-refractivity contribution in [2.75, 3.05) is 43.1 Å². The third-order valence-electron chi connectivity index (χ3n) is 4.53. The van der Waals surface area contributed by atoms with E-state index in [-0.39, 0.29) is 28.8 Å². The molecule has 2 heterocycles. The summed E-state index contributed by atoms with van der Waals surface area (Å²) in [4.78, 5) is 22.5. The molecule has 34 heavy (non-hydrogen) atoms. The number of amides is 1. The van der Waals surface area contributed by atoms with Gasteiger partial charge in [-0.05, 0) is 18.2 Å². The molecule has 0 aliphatic carbocycles. The Morgan fingerprint density at radius 2 is 2.15 bits per heavy atom. The van der Waals surface area contributed by atoms with Crippen molar-refractivity contribution in [3.63, 3.8) is 0 Å². The first-order chi connectivity index (χ1) is 16.3. The first kappa shape index (κ1) is 25.3. The number of aliphatic imine (C=N–C) groups is 1. The minimum atomic E-state index is -1.02. The Morgan fingerprint density at radius 3 is 2.82 bits per heavy atom. The lowest BCUT2D eigenvalue weighted by Gasteiger charge is -2.26. The van der Waals surface area contributed by atoms with Gasteiger partial charge in [-0.15, -0.1) is 0 Å². The summed E-state index contributed by atoms with van der Waals surface area (Å²) in [6, 6.07) is 2.12. The van der Waals surface area contributed by atoms with E-state index in [0.29, 0.717) is 36.3 Å². The maximum atomic E-state index is 15.4. The van der Waals surface area contributed by atoms with E-state index in [1.807, 2.05) is 4.90 Å². The van der Waals surface area contributed by atoms with E-state index >= 15 is 4.39 Å². The molecule has 0 radical (unpaired) electrons. The highest BCUT2D eigenvalue weighted by atomic mass is 35.5. The fourth-order valence-electron chi connectivity index (χ4n) is 2.98. The van der Waals surface area contributed by atoms with Crippen LogP contribution in [0.3, 0.4) is 0 Å². The maximum absolute atomic E-state index is 15.4. The van der Waals surface area contributed by atoms with Crippen LogP contribution in [-0.4, -0.2) is 50.2 Å². The Balaban J connectivity index is 2.08. The average molecular weight is 510 g/mol. The number of nitrogens with zero attached hydrogens (tertiary/aromatic N) is 3. The molecule has 2 aromatic rings. The number of halogens is 3. The average Bonchev–Trinajstić information content (AvgIpc) is 3.25. The summed E-state index contributed by atoms with van der Waals surface area (Å²) in [7, 11) is 0. The van der Waals surface area contributed by atoms with Crippen molar-refractivity contribution in [3.05, 3.63) is 59.1 Å². The van der Waals surface area contributed by atoms with Gasteiger partial charge in [0.05, 0.1) is 40.7 Å². The van der Waals surface area contributed by atoms with Gasteiger partial charge in [0.25, 0.3) is 0 Å². The minimum Gasteiger partial charge on any atom is -0.445 e. The van der Waals surface area contributed by atoms with Crippen LogP contribution in [0.25, 0.3) is 17.0 Å². The molecule has 0 bridgehead atoms. The molecule has 1 aromatic carbocycles. The van der Waals surface area contributed by atoms with Gasteiger partial charge >= 0.3 is 6.09 Å². The number of nitrogens with two attached hydrogens (primary N) is 1. The van der Waals surface area contributed by atoms with Gasteiger partial charge in [0.15, 0.2) is 10.9 Å². The van der Waals surface area contributed by atoms with Gasteiger partial charge in [0.2, 0.25) is 0 Å². The normalized spacial score (nSPS) is 14.3. The van der Waals surface area contributed by atoms with Gasteiger partial charge in [-0.2, -0.15) is 0 Å². The maximum Gasteiger partial charge on any atom is 0.412 e. The van der Waals surface area contributed by atoms with Crippen LogP contribution in [0.2, 0.25) is 0 Å². The quantitative estimate of drug-likeness (QED) is 0.303. The van der Waals surface area contributed by atoms with Crippen LogP contribution in [0.4, 0.5) is 24.4 Å². The van der Waals surface area contributed by atoms with Gasteiger partial charge in [-0.3, -0.25) is 5.32 Å². The van der Waals surface area contributed by atoms with Gasteiger partial charge < -0.3 is 20.1 Å². The predicted octanol–water partition coefficient (Wildman–Crippen LogP) is 4.74. The Hall–Kier alpha value is -3.28. The SMILES string of the molecule is C=CCOC(=O)Nc1ccc(F)c(-c2nc(N3CCOCC3)sc2/C(N)=C/C=NC(=C)Cl)c1F.